The number of carbonyl (C=O) groups excluding carboxylic acids is 1. The van der Waals surface area contributed by atoms with Crippen LogP contribution < -0.4 is 5.73 Å². The van der Waals surface area contributed by atoms with Crippen molar-refractivity contribution in [2.45, 2.75) is 90.0 Å². The van der Waals surface area contributed by atoms with Crippen LogP contribution in [0.4, 0.5) is 0 Å². The third-order valence-electron chi connectivity index (χ3n) is 3.26. The van der Waals surface area contributed by atoms with Gasteiger partial charge >= 0.3 is 0 Å². The fourth-order valence-corrected chi connectivity index (χ4v) is 3.33. The van der Waals surface area contributed by atoms with E-state index in [1.807, 2.05) is 6.92 Å². The lowest BCUT2D eigenvalue weighted by molar-refractivity contribution is -0.119. The van der Waals surface area contributed by atoms with E-state index in [0.717, 1.165) is 19.3 Å². The third kappa shape index (κ3) is 13.9. The number of hydrogen-bond donors (Lipinski definition) is 1. The molecule has 2 N–H and O–H groups in total. The van der Waals surface area contributed by atoms with Gasteiger partial charge in [-0.15, -0.1) is 0 Å². The van der Waals surface area contributed by atoms with Crippen molar-refractivity contribution in [3.05, 3.63) is 0 Å². The van der Waals surface area contributed by atoms with Gasteiger partial charge in [-0.3, -0.25) is 4.79 Å². The summed E-state index contributed by atoms with van der Waals surface area (Å²) in [6, 6.07) is 1.61. The molecular weight excluding hydrogens is 238 g/mol. The first-order chi connectivity index (χ1) is 8.31. The highest BCUT2D eigenvalue weighted by atomic mass is 28.3. The van der Waals surface area contributed by atoms with Crippen molar-refractivity contribution in [1.82, 2.24) is 0 Å². The fraction of sp³-hybridized carbons (Fsp3) is 0.933. The summed E-state index contributed by atoms with van der Waals surface area (Å²) in [5, 5.41) is 0. The molecule has 0 saturated heterocycles. The number of ketones is 1. The Morgan fingerprint density at radius 3 is 2.11 bits per heavy atom. The molecule has 0 spiro atoms. The standard InChI is InChI=1S/C15H33NOSi/c1-14(16)11-12-15(17)10-8-6-5-7-9-13-18(2,3)4/h14H,5-13,16H2,1-4H3/t14-/m1/s1. The van der Waals surface area contributed by atoms with E-state index in [1.54, 1.807) is 0 Å². The molecule has 0 aliphatic rings. The second-order valence-corrected chi connectivity index (χ2v) is 12.5. The summed E-state index contributed by atoms with van der Waals surface area (Å²) in [5.74, 6) is 0.398. The summed E-state index contributed by atoms with van der Waals surface area (Å²) >= 11 is 0. The zero-order chi connectivity index (χ0) is 14.0. The molecule has 0 radical (unpaired) electrons. The van der Waals surface area contributed by atoms with Crippen LogP contribution in [0.15, 0.2) is 0 Å². The van der Waals surface area contributed by atoms with Crippen molar-refractivity contribution in [2.24, 2.45) is 5.73 Å². The van der Waals surface area contributed by atoms with Crippen LogP contribution in [0.5, 0.6) is 0 Å². The van der Waals surface area contributed by atoms with Gasteiger partial charge in [-0.05, 0) is 19.8 Å². The molecule has 0 unspecified atom stereocenters. The number of rotatable bonds is 11. The molecule has 2 nitrogen and oxygen atoms in total. The van der Waals surface area contributed by atoms with Gasteiger partial charge in [0.15, 0.2) is 0 Å². The van der Waals surface area contributed by atoms with Crippen LogP contribution in [-0.2, 0) is 4.79 Å². The lowest BCUT2D eigenvalue weighted by atomic mass is 10.0. The molecule has 0 aliphatic heterocycles. The van der Waals surface area contributed by atoms with E-state index in [1.165, 1.54) is 31.7 Å². The van der Waals surface area contributed by atoms with Crippen molar-refractivity contribution < 1.29 is 4.79 Å². The second-order valence-electron chi connectivity index (χ2n) is 6.88. The number of unbranched alkanes of at least 4 members (excludes halogenated alkanes) is 4. The highest BCUT2D eigenvalue weighted by Gasteiger charge is 2.11. The summed E-state index contributed by atoms with van der Waals surface area (Å²) in [7, 11) is -0.831. The Labute approximate surface area is 115 Å². The quantitative estimate of drug-likeness (QED) is 0.448. The van der Waals surface area contributed by atoms with E-state index in [9.17, 15) is 4.79 Å². The zero-order valence-corrected chi connectivity index (χ0v) is 13.9. The molecule has 0 heterocycles. The molecule has 1 atom stereocenters. The SMILES string of the molecule is C[C@@H](N)CCC(=O)CCCCCCC[Si](C)(C)C. The maximum Gasteiger partial charge on any atom is 0.132 e. The molecule has 0 saturated carbocycles. The van der Waals surface area contributed by atoms with Crippen LogP contribution in [0.2, 0.25) is 25.7 Å². The Morgan fingerprint density at radius 1 is 1.00 bits per heavy atom. The molecule has 108 valence electrons. The highest BCUT2D eigenvalue weighted by molar-refractivity contribution is 6.76. The van der Waals surface area contributed by atoms with Gasteiger partial charge in [-0.2, -0.15) is 0 Å². The topological polar surface area (TPSA) is 43.1 Å². The minimum atomic E-state index is -0.831. The monoisotopic (exact) mass is 271 g/mol. The van der Waals surface area contributed by atoms with Gasteiger partial charge < -0.3 is 5.73 Å². The van der Waals surface area contributed by atoms with Crippen molar-refractivity contribution in [2.75, 3.05) is 0 Å². The first-order valence-corrected chi connectivity index (χ1v) is 11.3. The lowest BCUT2D eigenvalue weighted by Gasteiger charge is -2.14. The van der Waals surface area contributed by atoms with Gasteiger partial charge in [0, 0.05) is 27.0 Å². The van der Waals surface area contributed by atoms with E-state index in [0.29, 0.717) is 12.2 Å². The Bertz CT molecular complexity index is 221. The Hall–Kier alpha value is -0.153. The molecule has 0 fully saturated rings. The van der Waals surface area contributed by atoms with Crippen LogP contribution in [0, 0.1) is 0 Å². The second kappa shape index (κ2) is 9.73. The van der Waals surface area contributed by atoms with Crippen molar-refractivity contribution in [3.8, 4) is 0 Å². The van der Waals surface area contributed by atoms with Gasteiger partial charge in [0.05, 0.1) is 0 Å². The zero-order valence-electron chi connectivity index (χ0n) is 12.9. The minimum absolute atomic E-state index is 0.163. The normalized spacial score (nSPS) is 13.6. The first-order valence-electron chi connectivity index (χ1n) is 7.58. The number of carbonyl (C=O) groups is 1. The summed E-state index contributed by atoms with van der Waals surface area (Å²) in [4.78, 5) is 11.5. The Kier molecular flexibility index (Phi) is 9.65. The van der Waals surface area contributed by atoms with E-state index < -0.39 is 8.07 Å². The fourth-order valence-electron chi connectivity index (χ4n) is 2.02. The van der Waals surface area contributed by atoms with Crippen molar-refractivity contribution in [3.63, 3.8) is 0 Å². The van der Waals surface area contributed by atoms with Crippen LogP contribution >= 0.6 is 0 Å². The largest absolute Gasteiger partial charge is 0.328 e. The molecule has 0 aromatic heterocycles. The van der Waals surface area contributed by atoms with Crippen LogP contribution in [-0.4, -0.2) is 19.9 Å². The molecule has 0 bridgehead atoms. The highest BCUT2D eigenvalue weighted by Crippen LogP contribution is 2.15. The van der Waals surface area contributed by atoms with E-state index >= 15 is 0 Å². The summed E-state index contributed by atoms with van der Waals surface area (Å²) < 4.78 is 0. The van der Waals surface area contributed by atoms with Crippen LogP contribution in [0.3, 0.4) is 0 Å². The molecule has 0 aliphatic carbocycles. The molecule has 18 heavy (non-hydrogen) atoms. The summed E-state index contributed by atoms with van der Waals surface area (Å²) in [6.45, 7) is 9.27. The van der Waals surface area contributed by atoms with Gasteiger partial charge in [-0.1, -0.05) is 51.4 Å². The predicted molar refractivity (Wildman–Crippen MR) is 83.7 cm³/mol. The maximum absolute atomic E-state index is 11.5. The number of nitrogens with two attached hydrogens (primary N) is 1. The smallest absolute Gasteiger partial charge is 0.132 e. The predicted octanol–water partition coefficient (Wildman–Crippen LogP) is 4.36. The van der Waals surface area contributed by atoms with Crippen molar-refractivity contribution >= 4 is 13.9 Å². The van der Waals surface area contributed by atoms with Crippen molar-refractivity contribution in [1.29, 1.82) is 0 Å². The maximum atomic E-state index is 11.5. The molecule has 0 rings (SSSR count). The Balaban J connectivity index is 3.28. The molecular formula is C15H33NOSi. The third-order valence-corrected chi connectivity index (χ3v) is 5.11. The number of hydrogen-bond acceptors (Lipinski definition) is 2. The van der Waals surface area contributed by atoms with Gasteiger partial charge in [0.1, 0.15) is 5.78 Å². The van der Waals surface area contributed by atoms with Crippen LogP contribution in [0.1, 0.15) is 58.3 Å². The molecule has 0 amide bonds. The number of Topliss-reactive ketones (excluding diaryl/α,β-unsaturated/α-hetero) is 1. The lowest BCUT2D eigenvalue weighted by Crippen LogP contribution is -2.18. The van der Waals surface area contributed by atoms with Gasteiger partial charge in [-0.25, -0.2) is 0 Å². The summed E-state index contributed by atoms with van der Waals surface area (Å²) in [5.41, 5.74) is 5.64. The Morgan fingerprint density at radius 2 is 1.56 bits per heavy atom. The van der Waals surface area contributed by atoms with Gasteiger partial charge in [0.25, 0.3) is 0 Å². The first kappa shape index (κ1) is 17.8. The van der Waals surface area contributed by atoms with Gasteiger partial charge in [0.2, 0.25) is 0 Å². The molecule has 3 heteroatoms. The van der Waals surface area contributed by atoms with E-state index in [4.69, 9.17) is 5.73 Å². The van der Waals surface area contributed by atoms with E-state index in [2.05, 4.69) is 19.6 Å². The van der Waals surface area contributed by atoms with E-state index in [-0.39, 0.29) is 6.04 Å². The summed E-state index contributed by atoms with van der Waals surface area (Å²) in [6.07, 6.45) is 8.60. The molecule has 0 aromatic rings. The average Bonchev–Trinajstić information content (AvgIpc) is 2.23. The average molecular weight is 272 g/mol. The minimum Gasteiger partial charge on any atom is -0.328 e. The van der Waals surface area contributed by atoms with Crippen LogP contribution in [0.25, 0.3) is 0 Å². The molecule has 0 aromatic carbocycles.